The quantitative estimate of drug-likeness (QED) is 0.489. The van der Waals surface area contributed by atoms with Gasteiger partial charge in [-0.3, -0.25) is 0 Å². The average molecular weight is 391 g/mol. The largest absolute Gasteiger partial charge is 0.306 e. The molecule has 0 N–H and O–H groups in total. The molecule has 2 nitrogen and oxygen atoms in total. The van der Waals surface area contributed by atoms with Gasteiger partial charge in [-0.2, -0.15) is 0 Å². The zero-order valence-corrected chi connectivity index (χ0v) is 18.0. The summed E-state index contributed by atoms with van der Waals surface area (Å²) >= 11 is 1.93. The Hall–Kier alpha value is -1.81. The lowest BCUT2D eigenvalue weighted by Gasteiger charge is -2.36. The fourth-order valence-corrected chi connectivity index (χ4v) is 5.37. The van der Waals surface area contributed by atoms with Crippen molar-refractivity contribution in [3.05, 3.63) is 77.4 Å². The Bertz CT molecular complexity index is 924. The van der Waals surface area contributed by atoms with Crippen LogP contribution in [0, 0.1) is 13.8 Å². The molecule has 0 saturated carbocycles. The number of hydrogen-bond acceptors (Lipinski definition) is 3. The number of fused-ring (bicyclic) bond motifs is 1. The van der Waals surface area contributed by atoms with Gasteiger partial charge in [0.25, 0.3) is 0 Å². The molecule has 3 aromatic rings. The van der Waals surface area contributed by atoms with Crippen molar-refractivity contribution in [2.45, 2.75) is 44.2 Å². The van der Waals surface area contributed by atoms with Gasteiger partial charge in [-0.15, -0.1) is 0 Å². The molecular formula is C25H30N2S. The van der Waals surface area contributed by atoms with E-state index >= 15 is 0 Å². The molecule has 1 aliphatic rings. The number of nitrogens with zero attached hydrogens (tertiary/aromatic N) is 2. The van der Waals surface area contributed by atoms with Crippen LogP contribution in [0.4, 0.5) is 0 Å². The van der Waals surface area contributed by atoms with Gasteiger partial charge in [0.1, 0.15) is 0 Å². The molecular weight excluding hydrogens is 360 g/mol. The van der Waals surface area contributed by atoms with Crippen molar-refractivity contribution in [3.8, 4) is 0 Å². The topological polar surface area (TPSA) is 6.48 Å². The first-order valence-corrected chi connectivity index (χ1v) is 11.0. The first kappa shape index (κ1) is 19.5. The van der Waals surface area contributed by atoms with Crippen LogP contribution in [0.5, 0.6) is 0 Å². The van der Waals surface area contributed by atoms with E-state index in [0.29, 0.717) is 6.04 Å². The van der Waals surface area contributed by atoms with Crippen LogP contribution in [0.25, 0.3) is 10.8 Å². The normalized spacial score (nSPS) is 16.1. The van der Waals surface area contributed by atoms with Crippen molar-refractivity contribution in [2.75, 3.05) is 20.1 Å². The molecule has 3 heteroatoms. The lowest BCUT2D eigenvalue weighted by atomic mass is 10.0. The van der Waals surface area contributed by atoms with Gasteiger partial charge in [-0.05, 0) is 87.2 Å². The van der Waals surface area contributed by atoms with Crippen molar-refractivity contribution < 1.29 is 0 Å². The summed E-state index contributed by atoms with van der Waals surface area (Å²) in [7, 11) is 2.24. The summed E-state index contributed by atoms with van der Waals surface area (Å²) in [6.07, 6.45) is 2.48. The lowest BCUT2D eigenvalue weighted by molar-refractivity contribution is 0.188. The Labute approximate surface area is 173 Å². The van der Waals surface area contributed by atoms with Crippen LogP contribution in [-0.2, 0) is 6.54 Å². The number of piperidine rings is 1. The molecule has 1 aliphatic heterocycles. The average Bonchev–Trinajstić information content (AvgIpc) is 2.67. The van der Waals surface area contributed by atoms with Gasteiger partial charge in [0.05, 0.1) is 0 Å². The third kappa shape index (κ3) is 4.78. The van der Waals surface area contributed by atoms with E-state index in [0.717, 1.165) is 6.54 Å². The Morgan fingerprint density at radius 3 is 2.29 bits per heavy atom. The number of aryl methyl sites for hydroxylation is 2. The lowest BCUT2D eigenvalue weighted by Crippen LogP contribution is -2.40. The molecule has 1 fully saturated rings. The van der Waals surface area contributed by atoms with Gasteiger partial charge < -0.3 is 4.90 Å². The third-order valence-electron chi connectivity index (χ3n) is 5.66. The summed E-state index contributed by atoms with van der Waals surface area (Å²) in [6, 6.07) is 23.1. The number of hydrogen-bond donors (Lipinski definition) is 0. The predicted octanol–water partition coefficient (Wildman–Crippen LogP) is 6.06. The Balaban J connectivity index is 1.59. The minimum Gasteiger partial charge on any atom is -0.306 e. The number of rotatable bonds is 5. The molecule has 3 aromatic carbocycles. The second-order valence-corrected chi connectivity index (χ2v) is 9.33. The highest BCUT2D eigenvalue weighted by molar-refractivity contribution is 7.97. The first-order chi connectivity index (χ1) is 13.6. The van der Waals surface area contributed by atoms with E-state index in [-0.39, 0.29) is 0 Å². The predicted molar refractivity (Wildman–Crippen MR) is 122 cm³/mol. The van der Waals surface area contributed by atoms with E-state index in [1.165, 1.54) is 58.3 Å². The minimum atomic E-state index is 0.619. The molecule has 0 spiro atoms. The maximum atomic E-state index is 2.63. The van der Waals surface area contributed by atoms with Gasteiger partial charge in [0, 0.05) is 17.5 Å². The van der Waals surface area contributed by atoms with Crippen molar-refractivity contribution in [2.24, 2.45) is 0 Å². The molecule has 0 unspecified atom stereocenters. The van der Waals surface area contributed by atoms with Crippen LogP contribution in [-0.4, -0.2) is 35.4 Å². The second-order valence-electron chi connectivity index (χ2n) is 8.21. The van der Waals surface area contributed by atoms with Crippen molar-refractivity contribution in [1.82, 2.24) is 9.21 Å². The van der Waals surface area contributed by atoms with Crippen molar-refractivity contribution in [3.63, 3.8) is 0 Å². The summed E-state index contributed by atoms with van der Waals surface area (Å²) in [5.41, 5.74) is 4.13. The zero-order valence-electron chi connectivity index (χ0n) is 17.2. The van der Waals surface area contributed by atoms with Crippen LogP contribution in [0.1, 0.15) is 29.5 Å². The molecule has 0 atom stereocenters. The van der Waals surface area contributed by atoms with Crippen LogP contribution in [0.2, 0.25) is 0 Å². The monoisotopic (exact) mass is 390 g/mol. The van der Waals surface area contributed by atoms with E-state index in [1.54, 1.807) is 0 Å². The molecule has 0 amide bonds. The standard InChI is InChI=1S/C25H30N2S/c1-19-14-20(2)16-21(15-19)18-27(24-10-12-26(3)13-11-24)28-25-9-8-22-6-4-5-7-23(22)17-25/h4-9,14-17,24H,10-13,18H2,1-3H3. The molecule has 146 valence electrons. The fourth-order valence-electron chi connectivity index (χ4n) is 4.22. The zero-order chi connectivity index (χ0) is 19.5. The smallest absolute Gasteiger partial charge is 0.0347 e. The minimum absolute atomic E-state index is 0.619. The van der Waals surface area contributed by atoms with E-state index in [9.17, 15) is 0 Å². The molecule has 0 aromatic heterocycles. The van der Waals surface area contributed by atoms with Gasteiger partial charge >= 0.3 is 0 Å². The fraction of sp³-hybridized carbons (Fsp3) is 0.360. The van der Waals surface area contributed by atoms with E-state index in [2.05, 4.69) is 90.8 Å². The second kappa shape index (κ2) is 8.69. The summed E-state index contributed by atoms with van der Waals surface area (Å²) in [4.78, 5) is 3.79. The number of benzene rings is 3. The van der Waals surface area contributed by atoms with Crippen LogP contribution in [0.15, 0.2) is 65.6 Å². The molecule has 1 heterocycles. The first-order valence-electron chi connectivity index (χ1n) is 10.3. The third-order valence-corrected chi connectivity index (χ3v) is 6.79. The highest BCUT2D eigenvalue weighted by atomic mass is 32.2. The Morgan fingerprint density at radius 1 is 0.893 bits per heavy atom. The summed E-state index contributed by atoms with van der Waals surface area (Å²) < 4.78 is 2.63. The molecule has 0 aliphatic carbocycles. The maximum absolute atomic E-state index is 2.63. The van der Waals surface area contributed by atoms with E-state index in [1.807, 2.05) is 11.9 Å². The van der Waals surface area contributed by atoms with Gasteiger partial charge in [0.2, 0.25) is 0 Å². The SMILES string of the molecule is Cc1cc(C)cc(CN(Sc2ccc3ccccc3c2)C2CCN(C)CC2)c1. The molecule has 0 radical (unpaired) electrons. The van der Waals surface area contributed by atoms with Crippen molar-refractivity contribution >= 4 is 22.7 Å². The maximum Gasteiger partial charge on any atom is 0.0347 e. The van der Waals surface area contributed by atoms with E-state index < -0.39 is 0 Å². The molecule has 4 rings (SSSR count). The summed E-state index contributed by atoms with van der Waals surface area (Å²) in [5.74, 6) is 0. The molecule has 28 heavy (non-hydrogen) atoms. The summed E-state index contributed by atoms with van der Waals surface area (Å²) in [6.45, 7) is 7.77. The Kier molecular flexibility index (Phi) is 6.05. The van der Waals surface area contributed by atoms with E-state index in [4.69, 9.17) is 0 Å². The number of likely N-dealkylation sites (tertiary alicyclic amines) is 1. The van der Waals surface area contributed by atoms with Gasteiger partial charge in [0.15, 0.2) is 0 Å². The van der Waals surface area contributed by atoms with Crippen LogP contribution < -0.4 is 0 Å². The van der Waals surface area contributed by atoms with Gasteiger partial charge in [-0.25, -0.2) is 4.31 Å². The van der Waals surface area contributed by atoms with Crippen molar-refractivity contribution in [1.29, 1.82) is 0 Å². The molecule has 1 saturated heterocycles. The summed E-state index contributed by atoms with van der Waals surface area (Å²) in [5, 5.41) is 2.63. The highest BCUT2D eigenvalue weighted by Crippen LogP contribution is 2.33. The molecule has 0 bridgehead atoms. The highest BCUT2D eigenvalue weighted by Gasteiger charge is 2.24. The van der Waals surface area contributed by atoms with Crippen LogP contribution in [0.3, 0.4) is 0 Å². The van der Waals surface area contributed by atoms with Gasteiger partial charge in [-0.1, -0.05) is 59.7 Å². The Morgan fingerprint density at radius 2 is 1.57 bits per heavy atom. The van der Waals surface area contributed by atoms with Crippen LogP contribution >= 0.6 is 11.9 Å².